The van der Waals surface area contributed by atoms with Crippen LogP contribution in [0.15, 0.2) is 126 Å². The Balaban J connectivity index is 1.42. The summed E-state index contributed by atoms with van der Waals surface area (Å²) in [5, 5.41) is 11.2. The Morgan fingerprint density at radius 2 is 1.07 bits per heavy atom. The Labute approximate surface area is 247 Å². The number of benzene rings is 4. The van der Waals surface area contributed by atoms with Gasteiger partial charge in [0.25, 0.3) is 0 Å². The van der Waals surface area contributed by atoms with Crippen LogP contribution in [0.25, 0.3) is 0 Å². The first kappa shape index (κ1) is 29.1. The van der Waals surface area contributed by atoms with Gasteiger partial charge in [0.2, 0.25) is 0 Å². The molecule has 1 N–H and O–H groups in total. The summed E-state index contributed by atoms with van der Waals surface area (Å²) in [7, 11) is 0. The Morgan fingerprint density at radius 1 is 0.643 bits per heavy atom. The van der Waals surface area contributed by atoms with Crippen molar-refractivity contribution in [3.63, 3.8) is 0 Å². The van der Waals surface area contributed by atoms with E-state index in [2.05, 4.69) is 0 Å². The van der Waals surface area contributed by atoms with E-state index in [1.54, 1.807) is 91.0 Å². The Morgan fingerprint density at radius 3 is 1.57 bits per heavy atom. The van der Waals surface area contributed by atoms with Gasteiger partial charge in [0.15, 0.2) is 12.2 Å². The van der Waals surface area contributed by atoms with Crippen LogP contribution in [0.4, 0.5) is 0 Å². The van der Waals surface area contributed by atoms with Crippen molar-refractivity contribution < 1.29 is 38.4 Å². The van der Waals surface area contributed by atoms with Crippen LogP contribution < -0.4 is 0 Å². The van der Waals surface area contributed by atoms with E-state index >= 15 is 0 Å². The predicted octanol–water partition coefficient (Wildman–Crippen LogP) is 5.17. The molecule has 214 valence electrons. The van der Waals surface area contributed by atoms with Crippen molar-refractivity contribution in [1.82, 2.24) is 0 Å². The molecule has 0 bridgehead atoms. The molecule has 0 spiro atoms. The molecule has 8 nitrogen and oxygen atoms in total. The van der Waals surface area contributed by atoms with E-state index < -0.39 is 54.4 Å². The lowest BCUT2D eigenvalue weighted by atomic mass is 10.1. The predicted molar refractivity (Wildman–Crippen MR) is 155 cm³/mol. The van der Waals surface area contributed by atoms with E-state index in [1.807, 2.05) is 30.3 Å². The second-order valence-corrected chi connectivity index (χ2v) is 10.6. The Hall–Kier alpha value is -4.44. The summed E-state index contributed by atoms with van der Waals surface area (Å²) in [6.07, 6.45) is -4.93. The molecule has 5 atom stereocenters. The van der Waals surface area contributed by atoms with Gasteiger partial charge in [-0.2, -0.15) is 0 Å². The maximum atomic E-state index is 13.2. The van der Waals surface area contributed by atoms with Gasteiger partial charge in [-0.3, -0.25) is 0 Å². The summed E-state index contributed by atoms with van der Waals surface area (Å²) in [6, 6.07) is 34.4. The minimum Gasteiger partial charge on any atom is -0.459 e. The maximum Gasteiger partial charge on any atom is 0.338 e. The minimum atomic E-state index is -1.41. The standard InChI is InChI=1S/C33H28O8S/c34-26(21-38-30(35)22-13-5-1-6-14-22)27-28(39-31(36)23-15-7-2-8-16-23)29(40-32(37)24-17-9-3-10-18-24)33(41-27)42-25-19-11-4-12-20-25/h1-20,26-29,33-34H,21H2/t26-,27+,28+,29-,33+/m1/s1. The van der Waals surface area contributed by atoms with E-state index in [1.165, 1.54) is 11.8 Å². The van der Waals surface area contributed by atoms with Gasteiger partial charge in [0.05, 0.1) is 16.7 Å². The molecule has 0 aliphatic carbocycles. The average Bonchev–Trinajstić information content (AvgIpc) is 3.37. The lowest BCUT2D eigenvalue weighted by Crippen LogP contribution is -2.45. The topological polar surface area (TPSA) is 108 Å². The molecule has 0 radical (unpaired) electrons. The highest BCUT2D eigenvalue weighted by Gasteiger charge is 2.53. The molecule has 1 aliphatic heterocycles. The van der Waals surface area contributed by atoms with Crippen molar-refractivity contribution in [2.45, 2.75) is 34.7 Å². The van der Waals surface area contributed by atoms with Crippen molar-refractivity contribution in [3.05, 3.63) is 138 Å². The third kappa shape index (κ3) is 7.25. The molecular weight excluding hydrogens is 556 g/mol. The summed E-state index contributed by atoms with van der Waals surface area (Å²) in [6.45, 7) is -0.445. The van der Waals surface area contributed by atoms with E-state index in [-0.39, 0.29) is 5.56 Å². The number of carbonyl (C=O) groups is 3. The summed E-state index contributed by atoms with van der Waals surface area (Å²) in [4.78, 5) is 39.7. The van der Waals surface area contributed by atoms with Gasteiger partial charge in [-0.1, -0.05) is 84.6 Å². The van der Waals surface area contributed by atoms with E-state index in [9.17, 15) is 19.5 Å². The summed E-state index contributed by atoms with van der Waals surface area (Å²) >= 11 is 1.26. The molecule has 4 aromatic rings. The molecule has 1 saturated heterocycles. The highest BCUT2D eigenvalue weighted by molar-refractivity contribution is 7.99. The van der Waals surface area contributed by atoms with Crippen LogP contribution in [0.1, 0.15) is 31.1 Å². The first-order chi connectivity index (χ1) is 20.5. The molecule has 42 heavy (non-hydrogen) atoms. The lowest BCUT2D eigenvalue weighted by molar-refractivity contribution is -0.0823. The van der Waals surface area contributed by atoms with E-state index in [0.717, 1.165) is 4.90 Å². The Kier molecular flexibility index (Phi) is 9.66. The molecule has 0 aromatic heterocycles. The van der Waals surface area contributed by atoms with Crippen LogP contribution in [0.3, 0.4) is 0 Å². The molecule has 4 aromatic carbocycles. The average molecular weight is 585 g/mol. The van der Waals surface area contributed by atoms with Gasteiger partial charge in [-0.05, 0) is 48.5 Å². The summed E-state index contributed by atoms with van der Waals surface area (Å²) in [5.41, 5.74) is 0.0258. The van der Waals surface area contributed by atoms with Crippen LogP contribution in [0, 0.1) is 0 Å². The molecule has 0 amide bonds. The zero-order valence-electron chi connectivity index (χ0n) is 22.4. The second-order valence-electron chi connectivity index (χ2n) is 9.40. The van der Waals surface area contributed by atoms with Crippen LogP contribution in [-0.2, 0) is 18.9 Å². The molecule has 0 saturated carbocycles. The number of rotatable bonds is 10. The number of esters is 3. The number of aliphatic hydroxyl groups excluding tert-OH is 1. The second kappa shape index (κ2) is 14.0. The van der Waals surface area contributed by atoms with E-state index in [0.29, 0.717) is 11.1 Å². The van der Waals surface area contributed by atoms with Gasteiger partial charge >= 0.3 is 17.9 Å². The largest absolute Gasteiger partial charge is 0.459 e. The number of aliphatic hydroxyl groups is 1. The number of hydrogen-bond acceptors (Lipinski definition) is 9. The fourth-order valence-electron chi connectivity index (χ4n) is 4.39. The fourth-order valence-corrected chi connectivity index (χ4v) is 5.50. The van der Waals surface area contributed by atoms with Gasteiger partial charge < -0.3 is 24.1 Å². The smallest absolute Gasteiger partial charge is 0.338 e. The number of thioether (sulfide) groups is 1. The summed E-state index contributed by atoms with van der Waals surface area (Å²) in [5.74, 6) is -1.96. The van der Waals surface area contributed by atoms with Crippen molar-refractivity contribution in [2.75, 3.05) is 6.61 Å². The SMILES string of the molecule is O=C(OC[C@@H](O)[C@@H]1O[C@@H](Sc2ccccc2)[C@H](OC(=O)c2ccccc2)[C@H]1OC(=O)c1ccccc1)c1ccccc1. The van der Waals surface area contributed by atoms with Crippen molar-refractivity contribution in [1.29, 1.82) is 0 Å². The third-order valence-electron chi connectivity index (χ3n) is 6.48. The quantitative estimate of drug-likeness (QED) is 0.199. The van der Waals surface area contributed by atoms with Crippen molar-refractivity contribution in [2.24, 2.45) is 0 Å². The first-order valence-electron chi connectivity index (χ1n) is 13.3. The fraction of sp³-hybridized carbons (Fsp3) is 0.182. The van der Waals surface area contributed by atoms with Crippen LogP contribution in [-0.4, -0.2) is 59.5 Å². The monoisotopic (exact) mass is 584 g/mol. The zero-order valence-corrected chi connectivity index (χ0v) is 23.2. The van der Waals surface area contributed by atoms with Gasteiger partial charge in [0, 0.05) is 4.90 Å². The minimum absolute atomic E-state index is 0.272. The number of carbonyl (C=O) groups excluding carboxylic acids is 3. The molecule has 9 heteroatoms. The van der Waals surface area contributed by atoms with Gasteiger partial charge in [-0.25, -0.2) is 14.4 Å². The summed E-state index contributed by atoms with van der Waals surface area (Å²) < 4.78 is 23.4. The number of ether oxygens (including phenoxy) is 4. The number of hydrogen-bond donors (Lipinski definition) is 1. The van der Waals surface area contributed by atoms with Crippen LogP contribution >= 0.6 is 11.8 Å². The van der Waals surface area contributed by atoms with E-state index in [4.69, 9.17) is 18.9 Å². The molecular formula is C33H28O8S. The van der Waals surface area contributed by atoms with Crippen LogP contribution in [0.2, 0.25) is 0 Å². The van der Waals surface area contributed by atoms with Gasteiger partial charge in [0.1, 0.15) is 24.3 Å². The molecule has 1 fully saturated rings. The first-order valence-corrected chi connectivity index (χ1v) is 14.2. The highest BCUT2D eigenvalue weighted by atomic mass is 32.2. The maximum absolute atomic E-state index is 13.2. The lowest BCUT2D eigenvalue weighted by Gasteiger charge is -2.26. The molecule has 5 rings (SSSR count). The van der Waals surface area contributed by atoms with Crippen molar-refractivity contribution in [3.8, 4) is 0 Å². The normalized spacial score (nSPS) is 20.3. The highest BCUT2D eigenvalue weighted by Crippen LogP contribution is 2.39. The third-order valence-corrected chi connectivity index (χ3v) is 7.64. The van der Waals surface area contributed by atoms with Gasteiger partial charge in [-0.15, -0.1) is 0 Å². The van der Waals surface area contributed by atoms with Crippen molar-refractivity contribution >= 4 is 29.7 Å². The van der Waals surface area contributed by atoms with Crippen LogP contribution in [0.5, 0.6) is 0 Å². The molecule has 1 aliphatic rings. The zero-order chi connectivity index (χ0) is 29.3. The Bertz CT molecular complexity index is 1470. The molecule has 1 heterocycles. The molecule has 0 unspecified atom stereocenters.